The SMILES string of the molecule is NC(=NCCCCc1ccc(C[C@@H](N)CC(=O)O)cc1)NC(=O)c1nc(Cl)c(N)nc1N. The topological polar surface area (TPSA) is 209 Å². The maximum Gasteiger partial charge on any atom is 0.304 e. The van der Waals surface area contributed by atoms with Crippen LogP contribution >= 0.6 is 11.6 Å². The molecule has 172 valence electrons. The van der Waals surface area contributed by atoms with Crippen LogP contribution in [0.3, 0.4) is 0 Å². The lowest BCUT2D eigenvalue weighted by Crippen LogP contribution is -2.38. The van der Waals surface area contributed by atoms with E-state index in [1.54, 1.807) is 0 Å². The molecule has 1 aromatic carbocycles. The van der Waals surface area contributed by atoms with Crippen LogP contribution in [0.1, 0.15) is 40.9 Å². The standard InChI is InChI=1S/C20H27ClN8O3/c21-16-18(24)28-17(23)15(27-16)19(32)29-20(25)26-8-2-1-3-11-4-6-12(7-5-11)9-13(22)10-14(30)31/h4-7,13H,1-3,8-10,22H2,(H,30,31)(H4,23,24,28)(H3,25,26,29,32)/t13-/m1/s1. The summed E-state index contributed by atoms with van der Waals surface area (Å²) in [7, 11) is 0. The van der Waals surface area contributed by atoms with Gasteiger partial charge in [0, 0.05) is 12.6 Å². The average Bonchev–Trinajstić information content (AvgIpc) is 2.71. The van der Waals surface area contributed by atoms with Gasteiger partial charge in [0.05, 0.1) is 6.42 Å². The van der Waals surface area contributed by atoms with Crippen molar-refractivity contribution in [3.8, 4) is 0 Å². The van der Waals surface area contributed by atoms with Gasteiger partial charge in [-0.25, -0.2) is 9.97 Å². The van der Waals surface area contributed by atoms with Crippen LogP contribution in [-0.4, -0.2) is 45.5 Å². The number of aryl methyl sites for hydroxylation is 1. The van der Waals surface area contributed by atoms with Crippen LogP contribution in [0, 0.1) is 0 Å². The Morgan fingerprint density at radius 2 is 1.75 bits per heavy atom. The number of nitrogens with two attached hydrogens (primary N) is 4. The summed E-state index contributed by atoms with van der Waals surface area (Å²) in [5, 5.41) is 11.0. The smallest absolute Gasteiger partial charge is 0.304 e. The summed E-state index contributed by atoms with van der Waals surface area (Å²) in [4.78, 5) is 34.5. The van der Waals surface area contributed by atoms with E-state index in [1.165, 1.54) is 0 Å². The van der Waals surface area contributed by atoms with Crippen molar-refractivity contribution < 1.29 is 14.7 Å². The van der Waals surface area contributed by atoms with Crippen LogP contribution < -0.4 is 28.3 Å². The number of carbonyl (C=O) groups is 2. The number of anilines is 2. The number of unbranched alkanes of at least 4 members (excludes halogenated alkanes) is 1. The third kappa shape index (κ3) is 8.00. The van der Waals surface area contributed by atoms with Crippen molar-refractivity contribution in [1.29, 1.82) is 0 Å². The molecule has 0 aliphatic heterocycles. The summed E-state index contributed by atoms with van der Waals surface area (Å²) >= 11 is 5.76. The second kappa shape index (κ2) is 11.8. The molecule has 0 saturated heterocycles. The van der Waals surface area contributed by atoms with Gasteiger partial charge in [-0.2, -0.15) is 0 Å². The number of hydrogen-bond donors (Lipinski definition) is 6. The minimum Gasteiger partial charge on any atom is -0.481 e. The van der Waals surface area contributed by atoms with E-state index in [1.807, 2.05) is 24.3 Å². The van der Waals surface area contributed by atoms with Gasteiger partial charge < -0.3 is 28.0 Å². The van der Waals surface area contributed by atoms with Crippen LogP contribution in [0.15, 0.2) is 29.3 Å². The minimum absolute atomic E-state index is 0.0552. The summed E-state index contributed by atoms with van der Waals surface area (Å²) in [6.45, 7) is 0.428. The highest BCUT2D eigenvalue weighted by Gasteiger charge is 2.16. The first-order valence-electron chi connectivity index (χ1n) is 9.90. The molecule has 1 aromatic heterocycles. The molecule has 0 saturated carbocycles. The number of nitrogen functional groups attached to an aromatic ring is 2. The minimum atomic E-state index is -0.899. The monoisotopic (exact) mass is 462 g/mol. The summed E-state index contributed by atoms with van der Waals surface area (Å²) in [6.07, 6.45) is 2.94. The quantitative estimate of drug-likeness (QED) is 0.166. The Morgan fingerprint density at radius 1 is 1.09 bits per heavy atom. The Labute approximate surface area is 190 Å². The molecular weight excluding hydrogens is 436 g/mol. The lowest BCUT2D eigenvalue weighted by Gasteiger charge is -2.09. The molecule has 1 amide bonds. The van der Waals surface area contributed by atoms with E-state index in [0.717, 1.165) is 30.4 Å². The fourth-order valence-electron chi connectivity index (χ4n) is 2.91. The van der Waals surface area contributed by atoms with Crippen molar-refractivity contribution in [3.63, 3.8) is 0 Å². The molecule has 0 spiro atoms. The number of rotatable bonds is 10. The predicted molar refractivity (Wildman–Crippen MR) is 123 cm³/mol. The molecule has 10 N–H and O–H groups in total. The molecule has 12 heteroatoms. The lowest BCUT2D eigenvalue weighted by atomic mass is 10.0. The molecule has 0 aliphatic rings. The summed E-state index contributed by atoms with van der Waals surface area (Å²) in [5.41, 5.74) is 24.6. The summed E-state index contributed by atoms with van der Waals surface area (Å²) in [5.74, 6) is -1.87. The second-order valence-corrected chi connectivity index (χ2v) is 7.55. The van der Waals surface area contributed by atoms with E-state index in [4.69, 9.17) is 39.6 Å². The third-order valence-electron chi connectivity index (χ3n) is 4.47. The lowest BCUT2D eigenvalue weighted by molar-refractivity contribution is -0.137. The number of carboxylic acids is 1. The molecule has 1 heterocycles. The Kier molecular flexibility index (Phi) is 9.17. The zero-order valence-electron chi connectivity index (χ0n) is 17.4. The van der Waals surface area contributed by atoms with E-state index in [2.05, 4.69) is 20.3 Å². The fourth-order valence-corrected chi connectivity index (χ4v) is 3.03. The number of halogens is 1. The number of benzene rings is 1. The van der Waals surface area contributed by atoms with E-state index in [0.29, 0.717) is 13.0 Å². The fraction of sp³-hybridized carbons (Fsp3) is 0.350. The van der Waals surface area contributed by atoms with Gasteiger partial charge in [0.1, 0.15) is 0 Å². The van der Waals surface area contributed by atoms with Gasteiger partial charge in [-0.1, -0.05) is 35.9 Å². The van der Waals surface area contributed by atoms with Gasteiger partial charge in [-0.15, -0.1) is 0 Å². The molecule has 0 radical (unpaired) electrons. The molecule has 0 bridgehead atoms. The molecule has 0 fully saturated rings. The van der Waals surface area contributed by atoms with E-state index in [9.17, 15) is 9.59 Å². The second-order valence-electron chi connectivity index (χ2n) is 7.19. The molecule has 1 atom stereocenters. The van der Waals surface area contributed by atoms with Crippen molar-refractivity contribution >= 4 is 41.1 Å². The van der Waals surface area contributed by atoms with Crippen molar-refractivity contribution in [2.75, 3.05) is 18.0 Å². The number of aliphatic imine (C=N–C) groups is 1. The highest BCUT2D eigenvalue weighted by molar-refractivity contribution is 6.31. The van der Waals surface area contributed by atoms with Crippen LogP contribution in [0.4, 0.5) is 11.6 Å². The molecule has 2 rings (SSSR count). The van der Waals surface area contributed by atoms with E-state index in [-0.39, 0.29) is 34.9 Å². The Balaban J connectivity index is 1.74. The van der Waals surface area contributed by atoms with Gasteiger partial charge in [-0.3, -0.25) is 19.9 Å². The van der Waals surface area contributed by atoms with Crippen LogP contribution in [0.25, 0.3) is 0 Å². The number of guanidine groups is 1. The van der Waals surface area contributed by atoms with Gasteiger partial charge >= 0.3 is 5.97 Å². The van der Waals surface area contributed by atoms with Gasteiger partial charge in [0.25, 0.3) is 5.91 Å². The Bertz CT molecular complexity index is 982. The number of nitrogens with one attached hydrogen (secondary N) is 1. The third-order valence-corrected chi connectivity index (χ3v) is 4.75. The number of nitrogens with zero attached hydrogens (tertiary/aromatic N) is 3. The normalized spacial score (nSPS) is 12.4. The van der Waals surface area contributed by atoms with E-state index < -0.39 is 17.9 Å². The first-order chi connectivity index (χ1) is 15.2. The van der Waals surface area contributed by atoms with Crippen LogP contribution in [0.5, 0.6) is 0 Å². The molecule has 0 aliphatic carbocycles. The number of carboxylic acid groups (broad SMARTS) is 1. The van der Waals surface area contributed by atoms with E-state index >= 15 is 0 Å². The average molecular weight is 463 g/mol. The maximum atomic E-state index is 12.2. The van der Waals surface area contributed by atoms with Crippen LogP contribution in [0.2, 0.25) is 5.15 Å². The predicted octanol–water partition coefficient (Wildman–Crippen LogP) is 0.706. The Hall–Kier alpha value is -3.44. The maximum absolute atomic E-state index is 12.2. The van der Waals surface area contributed by atoms with Crippen molar-refractivity contribution in [1.82, 2.24) is 15.3 Å². The number of carbonyl (C=O) groups excluding carboxylic acids is 1. The number of amides is 1. The van der Waals surface area contributed by atoms with Crippen LogP contribution in [-0.2, 0) is 17.6 Å². The number of hydrogen-bond acceptors (Lipinski definition) is 8. The number of aromatic nitrogens is 2. The van der Waals surface area contributed by atoms with Gasteiger partial charge in [-0.05, 0) is 36.8 Å². The van der Waals surface area contributed by atoms with Crippen molar-refractivity contribution in [2.24, 2.45) is 16.5 Å². The largest absolute Gasteiger partial charge is 0.481 e. The van der Waals surface area contributed by atoms with Gasteiger partial charge in [0.15, 0.2) is 28.4 Å². The highest BCUT2D eigenvalue weighted by atomic mass is 35.5. The zero-order chi connectivity index (χ0) is 23.7. The zero-order valence-corrected chi connectivity index (χ0v) is 18.2. The first kappa shape index (κ1) is 24.8. The Morgan fingerprint density at radius 3 is 2.41 bits per heavy atom. The highest BCUT2D eigenvalue weighted by Crippen LogP contribution is 2.17. The van der Waals surface area contributed by atoms with Crippen molar-refractivity contribution in [2.45, 2.75) is 38.1 Å². The van der Waals surface area contributed by atoms with Crippen molar-refractivity contribution in [3.05, 3.63) is 46.2 Å². The summed E-state index contributed by atoms with van der Waals surface area (Å²) in [6, 6.07) is 7.53. The number of aliphatic carboxylic acids is 1. The molecular formula is C20H27ClN8O3. The molecule has 2 aromatic rings. The van der Waals surface area contributed by atoms with Gasteiger partial charge in [0.2, 0.25) is 0 Å². The first-order valence-corrected chi connectivity index (χ1v) is 10.3. The molecule has 0 unspecified atom stereocenters. The summed E-state index contributed by atoms with van der Waals surface area (Å²) < 4.78 is 0. The molecule has 11 nitrogen and oxygen atoms in total. The molecule has 32 heavy (non-hydrogen) atoms.